The van der Waals surface area contributed by atoms with Crippen LogP contribution in [0.3, 0.4) is 0 Å². The lowest BCUT2D eigenvalue weighted by Crippen LogP contribution is -2.52. The van der Waals surface area contributed by atoms with Gasteiger partial charge in [-0.1, -0.05) is 111 Å². The first-order valence-electron chi connectivity index (χ1n) is 16.5. The molecule has 10 heteroatoms. The number of hydrogen-bond acceptors (Lipinski definition) is 7. The third kappa shape index (κ3) is 8.81. The SMILES string of the molecule is COc1ccc(S(=O)(=O)N(CC(C)C)C(CCSCc2cccnc2)C(=O)NOC(c2ccccc2)(c2ccccc2)c2ccccc2)cc1. The summed E-state index contributed by atoms with van der Waals surface area (Å²) >= 11 is 1.62. The fraction of sp³-hybridized carbons (Fsp3) is 0.250. The molecule has 1 heterocycles. The molecule has 260 valence electrons. The van der Waals surface area contributed by atoms with Crippen molar-refractivity contribution in [2.75, 3.05) is 19.4 Å². The van der Waals surface area contributed by atoms with E-state index < -0.39 is 27.6 Å². The van der Waals surface area contributed by atoms with Crippen LogP contribution in [0.4, 0.5) is 0 Å². The Morgan fingerprint density at radius 2 is 1.38 bits per heavy atom. The van der Waals surface area contributed by atoms with Crippen LogP contribution in [0.2, 0.25) is 0 Å². The van der Waals surface area contributed by atoms with Gasteiger partial charge in [-0.25, -0.2) is 13.9 Å². The summed E-state index contributed by atoms with van der Waals surface area (Å²) in [6.45, 7) is 4.00. The van der Waals surface area contributed by atoms with Crippen molar-refractivity contribution in [2.24, 2.45) is 5.92 Å². The fourth-order valence-electron chi connectivity index (χ4n) is 5.80. The zero-order valence-corrected chi connectivity index (χ0v) is 30.1. The number of hydroxylamine groups is 1. The van der Waals surface area contributed by atoms with Gasteiger partial charge in [-0.05, 0) is 70.7 Å². The quantitative estimate of drug-likeness (QED) is 0.0608. The number of rotatable bonds is 17. The Bertz CT molecular complexity index is 1780. The Balaban J connectivity index is 1.53. The molecule has 5 rings (SSSR count). The highest BCUT2D eigenvalue weighted by Crippen LogP contribution is 2.40. The molecule has 1 N–H and O–H groups in total. The third-order valence-corrected chi connectivity index (χ3v) is 11.2. The Morgan fingerprint density at radius 3 is 1.86 bits per heavy atom. The van der Waals surface area contributed by atoms with Crippen LogP contribution in [0.25, 0.3) is 0 Å². The van der Waals surface area contributed by atoms with Crippen molar-refractivity contribution in [2.45, 2.75) is 42.6 Å². The van der Waals surface area contributed by atoms with E-state index in [0.717, 1.165) is 22.3 Å². The maximum Gasteiger partial charge on any atom is 0.262 e. The summed E-state index contributed by atoms with van der Waals surface area (Å²) in [6.07, 6.45) is 3.78. The van der Waals surface area contributed by atoms with E-state index in [2.05, 4.69) is 10.5 Å². The van der Waals surface area contributed by atoms with Gasteiger partial charge in [0.05, 0.1) is 12.0 Å². The van der Waals surface area contributed by atoms with Gasteiger partial charge < -0.3 is 4.74 Å². The molecule has 0 saturated carbocycles. The van der Waals surface area contributed by atoms with E-state index in [1.165, 1.54) is 23.5 Å². The highest BCUT2D eigenvalue weighted by atomic mass is 32.2. The van der Waals surface area contributed by atoms with E-state index in [9.17, 15) is 13.2 Å². The Labute approximate surface area is 299 Å². The number of carbonyl (C=O) groups excluding carboxylic acids is 1. The topological polar surface area (TPSA) is 97.8 Å². The van der Waals surface area contributed by atoms with Crippen molar-refractivity contribution in [1.29, 1.82) is 0 Å². The first-order valence-corrected chi connectivity index (χ1v) is 19.1. The van der Waals surface area contributed by atoms with Crippen molar-refractivity contribution < 1.29 is 22.8 Å². The molecule has 1 aromatic heterocycles. The van der Waals surface area contributed by atoms with Crippen molar-refractivity contribution in [3.63, 3.8) is 0 Å². The van der Waals surface area contributed by atoms with Gasteiger partial charge in [-0.2, -0.15) is 16.1 Å². The molecule has 0 spiro atoms. The molecular formula is C40H43N3O5S2. The molecule has 0 radical (unpaired) electrons. The molecule has 0 saturated heterocycles. The molecule has 0 aliphatic carbocycles. The number of nitrogens with zero attached hydrogens (tertiary/aromatic N) is 2. The van der Waals surface area contributed by atoms with Crippen LogP contribution in [-0.2, 0) is 31.0 Å². The lowest BCUT2D eigenvalue weighted by molar-refractivity contribution is -0.147. The van der Waals surface area contributed by atoms with E-state index in [4.69, 9.17) is 9.57 Å². The number of pyridine rings is 1. The van der Waals surface area contributed by atoms with Gasteiger partial charge in [0.15, 0.2) is 5.60 Å². The molecule has 50 heavy (non-hydrogen) atoms. The number of hydrogen-bond donors (Lipinski definition) is 1. The fourth-order valence-corrected chi connectivity index (χ4v) is 8.52. The van der Waals surface area contributed by atoms with Crippen LogP contribution in [0.15, 0.2) is 145 Å². The second kappa shape index (κ2) is 17.4. The zero-order valence-electron chi connectivity index (χ0n) is 28.5. The Morgan fingerprint density at radius 1 is 0.820 bits per heavy atom. The van der Waals surface area contributed by atoms with E-state index in [1.54, 1.807) is 36.3 Å². The molecule has 1 amide bonds. The number of carbonyl (C=O) groups is 1. The minimum absolute atomic E-state index is 0.0701. The molecule has 4 aromatic carbocycles. The molecular weight excluding hydrogens is 667 g/mol. The van der Waals surface area contributed by atoms with Gasteiger partial charge >= 0.3 is 0 Å². The van der Waals surface area contributed by atoms with Crippen LogP contribution in [0.5, 0.6) is 5.75 Å². The highest BCUT2D eigenvalue weighted by Gasteiger charge is 2.41. The number of ether oxygens (including phenoxy) is 1. The van der Waals surface area contributed by atoms with E-state index in [0.29, 0.717) is 17.3 Å². The summed E-state index contributed by atoms with van der Waals surface area (Å²) in [7, 11) is -2.60. The molecule has 0 aliphatic rings. The van der Waals surface area contributed by atoms with Gasteiger partial charge in [-0.3, -0.25) is 14.6 Å². The molecule has 0 fully saturated rings. The largest absolute Gasteiger partial charge is 0.497 e. The number of aromatic nitrogens is 1. The van der Waals surface area contributed by atoms with E-state index >= 15 is 0 Å². The standard InChI is InChI=1S/C40H43N3O5S2/c1-31(2)29-43(50(45,46)37-23-21-36(47-3)22-24-37)38(25-27-49-30-32-14-13-26-41-28-32)39(44)42-48-40(33-15-7-4-8-16-33,34-17-9-5-10-18-34)35-19-11-6-12-20-35/h4-24,26,28,31,38H,25,27,29-30H2,1-3H3,(H,42,44). The van der Waals surface area contributed by atoms with Crippen molar-refractivity contribution in [3.05, 3.63) is 162 Å². The van der Waals surface area contributed by atoms with Crippen LogP contribution in [0, 0.1) is 5.92 Å². The minimum Gasteiger partial charge on any atom is -0.497 e. The average molecular weight is 710 g/mol. The number of methoxy groups -OCH3 is 1. The number of amides is 1. The van der Waals surface area contributed by atoms with Crippen LogP contribution >= 0.6 is 11.8 Å². The summed E-state index contributed by atoms with van der Waals surface area (Å²) in [4.78, 5) is 25.5. The van der Waals surface area contributed by atoms with Crippen molar-refractivity contribution in [3.8, 4) is 5.75 Å². The number of sulfonamides is 1. The minimum atomic E-state index is -4.12. The van der Waals surface area contributed by atoms with Crippen LogP contribution in [-0.4, -0.2) is 49.1 Å². The second-order valence-corrected chi connectivity index (χ2v) is 15.2. The van der Waals surface area contributed by atoms with Gasteiger partial charge in [0.2, 0.25) is 10.0 Å². The van der Waals surface area contributed by atoms with Gasteiger partial charge in [0.1, 0.15) is 11.8 Å². The summed E-state index contributed by atoms with van der Waals surface area (Å²) < 4.78 is 35.4. The summed E-state index contributed by atoms with van der Waals surface area (Å²) in [6, 6.07) is 38.1. The van der Waals surface area contributed by atoms with Crippen LogP contribution in [0.1, 0.15) is 42.5 Å². The average Bonchev–Trinajstić information content (AvgIpc) is 3.16. The third-order valence-electron chi connectivity index (χ3n) is 8.23. The predicted octanol–water partition coefficient (Wildman–Crippen LogP) is 7.47. The van der Waals surface area contributed by atoms with Crippen molar-refractivity contribution >= 4 is 27.7 Å². The number of benzene rings is 4. The Kier molecular flexibility index (Phi) is 12.8. The monoisotopic (exact) mass is 709 g/mol. The predicted molar refractivity (Wildman–Crippen MR) is 199 cm³/mol. The van der Waals surface area contributed by atoms with Gasteiger partial charge in [-0.15, -0.1) is 0 Å². The maximum atomic E-state index is 14.6. The number of thioether (sulfide) groups is 1. The summed E-state index contributed by atoms with van der Waals surface area (Å²) in [5.41, 5.74) is 4.99. The summed E-state index contributed by atoms with van der Waals surface area (Å²) in [5, 5.41) is 0. The molecule has 5 aromatic rings. The highest BCUT2D eigenvalue weighted by molar-refractivity contribution is 7.98. The van der Waals surface area contributed by atoms with Crippen molar-refractivity contribution in [1.82, 2.24) is 14.8 Å². The molecule has 0 bridgehead atoms. The van der Waals surface area contributed by atoms with E-state index in [-0.39, 0.29) is 23.8 Å². The molecule has 1 unspecified atom stereocenters. The Hall–Kier alpha value is -4.48. The van der Waals surface area contributed by atoms with Gasteiger partial charge in [0, 0.05) is 24.7 Å². The van der Waals surface area contributed by atoms with E-state index in [1.807, 2.05) is 117 Å². The lowest BCUT2D eigenvalue weighted by Gasteiger charge is -2.36. The zero-order chi connectivity index (χ0) is 35.4. The first kappa shape index (κ1) is 36.8. The second-order valence-electron chi connectivity index (χ2n) is 12.2. The maximum absolute atomic E-state index is 14.6. The molecule has 0 aliphatic heterocycles. The molecule has 8 nitrogen and oxygen atoms in total. The number of nitrogens with one attached hydrogen (secondary N) is 1. The van der Waals surface area contributed by atoms with Crippen LogP contribution < -0.4 is 10.2 Å². The summed E-state index contributed by atoms with van der Waals surface area (Å²) in [5.74, 6) is 1.10. The first-order chi connectivity index (χ1) is 24.3. The van der Waals surface area contributed by atoms with Gasteiger partial charge in [0.25, 0.3) is 5.91 Å². The smallest absolute Gasteiger partial charge is 0.262 e. The molecule has 1 atom stereocenters. The normalized spacial score (nSPS) is 12.5. The lowest BCUT2D eigenvalue weighted by atomic mass is 9.80.